The number of pyridine rings is 1. The van der Waals surface area contributed by atoms with Gasteiger partial charge in [-0.25, -0.2) is 14.2 Å². The lowest BCUT2D eigenvalue weighted by molar-refractivity contribution is -0.397. The number of carbonyl (C=O) groups excluding carboxylic acids is 1. The summed E-state index contributed by atoms with van der Waals surface area (Å²) in [5.74, 6) is -2.52. The highest BCUT2D eigenvalue weighted by atomic mass is 19.1. The van der Waals surface area contributed by atoms with Crippen LogP contribution in [0.2, 0.25) is 0 Å². The number of hydrazine groups is 1. The number of aliphatic hydroxyl groups excluding tert-OH is 1. The molecule has 2 aliphatic heterocycles. The number of amides is 1. The van der Waals surface area contributed by atoms with Gasteiger partial charge in [-0.15, -0.1) is 0 Å². The lowest BCUT2D eigenvalue weighted by Gasteiger charge is -2.43. The molecule has 3 aliphatic rings. The maximum Gasteiger partial charge on any atom is 0.482 e. The van der Waals surface area contributed by atoms with Crippen molar-refractivity contribution in [3.8, 4) is 0 Å². The number of aliphatic hydroxyl groups is 1. The van der Waals surface area contributed by atoms with Crippen molar-refractivity contribution in [2.75, 3.05) is 5.01 Å². The van der Waals surface area contributed by atoms with Gasteiger partial charge in [-0.05, 0) is 49.8 Å². The Morgan fingerprint density at radius 3 is 2.71 bits per heavy atom. The number of hydrogen-bond donors (Lipinski definition) is 2. The topological polar surface area (TPSA) is 118 Å². The van der Waals surface area contributed by atoms with Crippen LogP contribution in [-0.4, -0.2) is 33.1 Å². The predicted molar refractivity (Wildman–Crippen MR) is 125 cm³/mol. The molecular weight excluding hydrogens is 455 g/mol. The van der Waals surface area contributed by atoms with E-state index in [2.05, 4.69) is 10.4 Å². The molecule has 182 valence electrons. The number of nitro groups is 1. The van der Waals surface area contributed by atoms with Crippen molar-refractivity contribution < 1.29 is 24.0 Å². The van der Waals surface area contributed by atoms with Gasteiger partial charge in [-0.2, -0.15) is 0 Å². The molecule has 35 heavy (non-hydrogen) atoms. The molecule has 0 bridgehead atoms. The second kappa shape index (κ2) is 9.46. The summed E-state index contributed by atoms with van der Waals surface area (Å²) >= 11 is 0. The van der Waals surface area contributed by atoms with Gasteiger partial charge in [0.05, 0.1) is 17.9 Å². The van der Waals surface area contributed by atoms with Gasteiger partial charge in [0, 0.05) is 23.5 Å². The average molecular weight is 480 g/mol. The number of ether oxygens (including phenoxy) is 1. The van der Waals surface area contributed by atoms with E-state index in [1.807, 2.05) is 0 Å². The molecule has 0 radical (unpaired) electrons. The van der Waals surface area contributed by atoms with Gasteiger partial charge in [0.25, 0.3) is 0 Å². The van der Waals surface area contributed by atoms with Gasteiger partial charge in [-0.1, -0.05) is 31.0 Å². The Kier molecular flexibility index (Phi) is 6.21. The number of fused-ring (bicyclic) bond motifs is 1. The van der Waals surface area contributed by atoms with Crippen molar-refractivity contribution in [1.82, 2.24) is 10.4 Å². The van der Waals surface area contributed by atoms with Crippen molar-refractivity contribution in [1.29, 1.82) is 0 Å². The molecule has 5 rings (SSSR count). The predicted octanol–water partition coefficient (Wildman–Crippen LogP) is 4.27. The second-order valence-electron chi connectivity index (χ2n) is 8.97. The summed E-state index contributed by atoms with van der Waals surface area (Å²) in [5, 5.41) is 23.7. The van der Waals surface area contributed by atoms with E-state index in [0.29, 0.717) is 23.6 Å². The molecule has 3 unspecified atom stereocenters. The lowest BCUT2D eigenvalue weighted by Crippen LogP contribution is -2.49. The third-order valence-electron chi connectivity index (χ3n) is 6.91. The summed E-state index contributed by atoms with van der Waals surface area (Å²) in [5.41, 5.74) is 3.28. The van der Waals surface area contributed by atoms with E-state index in [1.165, 1.54) is 30.6 Å². The van der Waals surface area contributed by atoms with Crippen molar-refractivity contribution >= 4 is 17.2 Å². The van der Waals surface area contributed by atoms with Crippen LogP contribution in [0.3, 0.4) is 0 Å². The first-order valence-corrected chi connectivity index (χ1v) is 11.7. The fraction of sp³-hybridized carbons (Fsp3) is 0.360. The highest BCUT2D eigenvalue weighted by molar-refractivity contribution is 6.07. The molecule has 2 aromatic rings. The van der Waals surface area contributed by atoms with Crippen molar-refractivity contribution in [2.45, 2.75) is 50.7 Å². The molecule has 1 amide bonds. The standard InChI is InChI=1S/C25H25FN4O5/c26-17-8-2-3-9-18(17)29-24(31)22(25(32)30(33)34)21(16-7-5-13-27-14-16)23(28-29)20-12-11-15-6-1-4-10-19(15)35-20/h2-3,5,7-9,13-15,19-20,28,31H,1,4,6,10-12H2. The summed E-state index contributed by atoms with van der Waals surface area (Å²) in [6.07, 6.45) is 8.22. The molecule has 2 N–H and O–H groups in total. The van der Waals surface area contributed by atoms with Crippen LogP contribution in [-0.2, 0) is 9.53 Å². The van der Waals surface area contributed by atoms with Crippen LogP contribution >= 0.6 is 0 Å². The summed E-state index contributed by atoms with van der Waals surface area (Å²) in [6, 6.07) is 8.92. The average Bonchev–Trinajstić information content (AvgIpc) is 2.88. The third kappa shape index (κ3) is 4.25. The van der Waals surface area contributed by atoms with Crippen LogP contribution in [0.5, 0.6) is 0 Å². The molecule has 10 heteroatoms. The van der Waals surface area contributed by atoms with Gasteiger partial charge in [0.2, 0.25) is 5.88 Å². The normalized spacial score (nSPS) is 24.6. The number of halogens is 1. The van der Waals surface area contributed by atoms with Crippen molar-refractivity contribution in [3.05, 3.63) is 87.4 Å². The first kappa shape index (κ1) is 23.0. The van der Waals surface area contributed by atoms with Gasteiger partial charge in [0.1, 0.15) is 16.4 Å². The molecule has 1 saturated heterocycles. The zero-order valence-corrected chi connectivity index (χ0v) is 18.9. The number of benzene rings is 1. The Morgan fingerprint density at radius 2 is 1.97 bits per heavy atom. The summed E-state index contributed by atoms with van der Waals surface area (Å²) in [4.78, 5) is 27.5. The lowest BCUT2D eigenvalue weighted by atomic mass is 9.79. The highest BCUT2D eigenvalue weighted by Gasteiger charge is 2.43. The van der Waals surface area contributed by atoms with E-state index in [4.69, 9.17) is 4.74 Å². The number of para-hydroxylation sites is 1. The molecule has 0 spiro atoms. The summed E-state index contributed by atoms with van der Waals surface area (Å²) in [6.45, 7) is 0. The van der Waals surface area contributed by atoms with Crippen LogP contribution < -0.4 is 10.4 Å². The smallest absolute Gasteiger partial charge is 0.482 e. The Morgan fingerprint density at radius 1 is 1.17 bits per heavy atom. The molecule has 9 nitrogen and oxygen atoms in total. The van der Waals surface area contributed by atoms with Gasteiger partial charge in [0.15, 0.2) is 5.57 Å². The number of nitrogens with zero attached hydrogens (tertiary/aromatic N) is 3. The maximum atomic E-state index is 14.8. The maximum absolute atomic E-state index is 14.8. The van der Waals surface area contributed by atoms with E-state index in [0.717, 1.165) is 37.1 Å². The Balaban J connectivity index is 1.68. The van der Waals surface area contributed by atoms with Gasteiger partial charge < -0.3 is 9.84 Å². The zero-order valence-electron chi connectivity index (χ0n) is 18.9. The molecule has 2 fully saturated rings. The highest BCUT2D eigenvalue weighted by Crippen LogP contribution is 2.42. The van der Waals surface area contributed by atoms with Crippen molar-refractivity contribution in [3.63, 3.8) is 0 Å². The van der Waals surface area contributed by atoms with Crippen LogP contribution in [0, 0.1) is 21.8 Å². The molecular formula is C25H25FN4O5. The van der Waals surface area contributed by atoms with Crippen LogP contribution in [0.1, 0.15) is 44.1 Å². The van der Waals surface area contributed by atoms with Crippen molar-refractivity contribution in [2.24, 2.45) is 5.92 Å². The molecule has 1 aliphatic carbocycles. The minimum absolute atomic E-state index is 0.0306. The van der Waals surface area contributed by atoms with E-state index in [1.54, 1.807) is 18.2 Å². The molecule has 1 aromatic carbocycles. The van der Waals surface area contributed by atoms with Gasteiger partial charge >= 0.3 is 5.91 Å². The number of hydrogen-bond acceptors (Lipinski definition) is 8. The van der Waals surface area contributed by atoms with E-state index < -0.39 is 34.2 Å². The second-order valence-corrected chi connectivity index (χ2v) is 8.97. The SMILES string of the molecule is O=C(C1=C(O)N(c2ccccc2F)NC(C2CCC3CCCCC3O2)=C1c1cccnc1)[N+](=O)[O-]. The van der Waals surface area contributed by atoms with Gasteiger partial charge in [-0.3, -0.25) is 20.5 Å². The van der Waals surface area contributed by atoms with Crippen LogP contribution in [0.25, 0.3) is 5.57 Å². The zero-order chi connectivity index (χ0) is 24.5. The third-order valence-corrected chi connectivity index (χ3v) is 6.91. The molecule has 3 heterocycles. The summed E-state index contributed by atoms with van der Waals surface area (Å²) < 4.78 is 21.2. The fourth-order valence-electron chi connectivity index (χ4n) is 5.27. The molecule has 3 atom stereocenters. The minimum atomic E-state index is -1.51. The van der Waals surface area contributed by atoms with E-state index in [9.17, 15) is 24.4 Å². The number of nitrogens with one attached hydrogen (secondary N) is 1. The quantitative estimate of drug-likeness (QED) is 0.492. The van der Waals surface area contributed by atoms with Crippen LogP contribution in [0.15, 0.2) is 65.9 Å². The fourth-order valence-corrected chi connectivity index (χ4v) is 5.27. The minimum Gasteiger partial charge on any atom is -0.493 e. The largest absolute Gasteiger partial charge is 0.493 e. The summed E-state index contributed by atoms with van der Waals surface area (Å²) in [7, 11) is 0. The first-order valence-electron chi connectivity index (χ1n) is 11.7. The Hall–Kier alpha value is -3.79. The van der Waals surface area contributed by atoms with Crippen LogP contribution in [0.4, 0.5) is 10.1 Å². The van der Waals surface area contributed by atoms with E-state index in [-0.39, 0.29) is 17.4 Å². The number of rotatable bonds is 4. The molecule has 1 saturated carbocycles. The van der Waals surface area contributed by atoms with E-state index >= 15 is 0 Å². The first-order chi connectivity index (χ1) is 17.0. The molecule has 1 aromatic heterocycles. The number of carbonyl (C=O) groups is 1. The Labute approximate surface area is 201 Å². The monoisotopic (exact) mass is 480 g/mol. The number of anilines is 1. The number of aromatic nitrogens is 1. The Bertz CT molecular complexity index is 1220.